The van der Waals surface area contributed by atoms with E-state index in [1.807, 2.05) is 55.9 Å². The molecule has 0 aliphatic heterocycles. The first kappa shape index (κ1) is 21.1. The zero-order valence-corrected chi connectivity index (χ0v) is 18.1. The molecule has 29 heavy (non-hydrogen) atoms. The Morgan fingerprint density at radius 3 is 2.48 bits per heavy atom. The molecule has 0 aliphatic carbocycles. The van der Waals surface area contributed by atoms with Gasteiger partial charge in [-0.1, -0.05) is 38.1 Å². The Labute approximate surface area is 172 Å². The van der Waals surface area contributed by atoms with Gasteiger partial charge >= 0.3 is 0 Å². The monoisotopic (exact) mass is 413 g/mol. The molecule has 0 aliphatic rings. The van der Waals surface area contributed by atoms with Gasteiger partial charge < -0.3 is 9.88 Å². The van der Waals surface area contributed by atoms with Crippen molar-refractivity contribution in [3.63, 3.8) is 0 Å². The van der Waals surface area contributed by atoms with Gasteiger partial charge in [0.15, 0.2) is 0 Å². The molecular formula is C22H27N3O3S. The number of nitrogens with one attached hydrogen (secondary N) is 1. The maximum absolute atomic E-state index is 12.9. The third kappa shape index (κ3) is 4.21. The molecule has 1 amide bonds. The molecule has 0 atom stereocenters. The predicted octanol–water partition coefficient (Wildman–Crippen LogP) is 3.70. The van der Waals surface area contributed by atoms with Crippen molar-refractivity contribution in [2.75, 3.05) is 18.4 Å². The highest BCUT2D eigenvalue weighted by Crippen LogP contribution is 2.25. The third-order valence-corrected chi connectivity index (χ3v) is 7.32. The minimum atomic E-state index is -3.60. The Bertz CT molecular complexity index is 1150. The topological polar surface area (TPSA) is 71.4 Å². The number of carbonyl (C=O) groups excluding carboxylic acids is 1. The van der Waals surface area contributed by atoms with Crippen LogP contribution >= 0.6 is 0 Å². The van der Waals surface area contributed by atoms with E-state index in [-0.39, 0.29) is 17.2 Å². The molecule has 0 spiro atoms. The lowest BCUT2D eigenvalue weighted by Crippen LogP contribution is -2.31. The van der Waals surface area contributed by atoms with Crippen LogP contribution in [0.1, 0.15) is 25.0 Å². The summed E-state index contributed by atoms with van der Waals surface area (Å²) in [4.78, 5) is 12.9. The van der Waals surface area contributed by atoms with E-state index in [0.717, 1.165) is 16.5 Å². The van der Waals surface area contributed by atoms with E-state index in [0.29, 0.717) is 24.3 Å². The number of sulfonamides is 1. The van der Waals surface area contributed by atoms with Crippen LogP contribution in [0.2, 0.25) is 0 Å². The molecule has 1 heterocycles. The molecule has 2 aromatic carbocycles. The van der Waals surface area contributed by atoms with Crippen LogP contribution in [0.15, 0.2) is 53.6 Å². The number of rotatable bonds is 7. The van der Waals surface area contributed by atoms with Crippen LogP contribution < -0.4 is 5.32 Å². The quantitative estimate of drug-likeness (QED) is 0.642. The van der Waals surface area contributed by atoms with Crippen molar-refractivity contribution in [1.29, 1.82) is 0 Å². The maximum atomic E-state index is 12.9. The number of aryl methyl sites for hydroxylation is 2. The first-order valence-electron chi connectivity index (χ1n) is 9.71. The standard InChI is InChI=1S/C22H27N3O3S/c1-5-25(6-2)29(27,28)21-14-18(12-11-16(21)3)23-22(26)13-17-15-24(4)20-10-8-7-9-19(17)20/h7-12,14-15H,5-6,13H2,1-4H3,(H,23,26). The van der Waals surface area contributed by atoms with Crippen molar-refractivity contribution in [3.8, 4) is 0 Å². The Morgan fingerprint density at radius 2 is 1.79 bits per heavy atom. The first-order chi connectivity index (χ1) is 13.8. The molecule has 6 nitrogen and oxygen atoms in total. The summed E-state index contributed by atoms with van der Waals surface area (Å²) < 4.78 is 29.2. The van der Waals surface area contributed by atoms with E-state index in [9.17, 15) is 13.2 Å². The molecule has 7 heteroatoms. The van der Waals surface area contributed by atoms with Crippen LogP contribution in [0.5, 0.6) is 0 Å². The van der Waals surface area contributed by atoms with Gasteiger partial charge in [-0.3, -0.25) is 4.79 Å². The summed E-state index contributed by atoms with van der Waals surface area (Å²) in [6, 6.07) is 12.9. The van der Waals surface area contributed by atoms with Crippen molar-refractivity contribution in [2.45, 2.75) is 32.1 Å². The van der Waals surface area contributed by atoms with Crippen LogP contribution in [0.25, 0.3) is 10.9 Å². The van der Waals surface area contributed by atoms with Crippen molar-refractivity contribution >= 4 is 32.5 Å². The molecule has 1 N–H and O–H groups in total. The minimum Gasteiger partial charge on any atom is -0.350 e. The Kier molecular flexibility index (Phi) is 6.10. The van der Waals surface area contributed by atoms with E-state index < -0.39 is 10.0 Å². The highest BCUT2D eigenvalue weighted by atomic mass is 32.2. The molecule has 154 valence electrons. The average molecular weight is 414 g/mol. The molecular weight excluding hydrogens is 386 g/mol. The molecule has 0 bridgehead atoms. The lowest BCUT2D eigenvalue weighted by molar-refractivity contribution is -0.115. The van der Waals surface area contributed by atoms with Crippen molar-refractivity contribution in [1.82, 2.24) is 8.87 Å². The fraction of sp³-hybridized carbons (Fsp3) is 0.318. The van der Waals surface area contributed by atoms with Crippen LogP contribution in [-0.4, -0.2) is 36.3 Å². The van der Waals surface area contributed by atoms with E-state index in [2.05, 4.69) is 5.32 Å². The summed E-state index contributed by atoms with van der Waals surface area (Å²) in [5.74, 6) is -0.184. The summed E-state index contributed by atoms with van der Waals surface area (Å²) in [5, 5.41) is 3.89. The number of carbonyl (C=O) groups is 1. The second-order valence-corrected chi connectivity index (χ2v) is 8.98. The predicted molar refractivity (Wildman–Crippen MR) is 117 cm³/mol. The molecule has 3 aromatic rings. The van der Waals surface area contributed by atoms with E-state index in [4.69, 9.17) is 0 Å². The number of amides is 1. The number of nitrogens with zero attached hydrogens (tertiary/aromatic N) is 2. The van der Waals surface area contributed by atoms with Gasteiger partial charge in [-0.15, -0.1) is 0 Å². The molecule has 0 fully saturated rings. The number of para-hydroxylation sites is 1. The number of benzene rings is 2. The maximum Gasteiger partial charge on any atom is 0.243 e. The molecule has 1 aromatic heterocycles. The number of fused-ring (bicyclic) bond motifs is 1. The Hall–Kier alpha value is -2.64. The van der Waals surface area contributed by atoms with Gasteiger partial charge in [-0.05, 0) is 36.2 Å². The lowest BCUT2D eigenvalue weighted by atomic mass is 10.1. The highest BCUT2D eigenvalue weighted by Gasteiger charge is 2.24. The second-order valence-electron chi connectivity index (χ2n) is 7.08. The Morgan fingerprint density at radius 1 is 1.10 bits per heavy atom. The van der Waals surface area contributed by atoms with E-state index >= 15 is 0 Å². The van der Waals surface area contributed by atoms with Crippen molar-refractivity contribution in [2.24, 2.45) is 7.05 Å². The number of hydrogen-bond donors (Lipinski definition) is 1. The number of hydrogen-bond acceptors (Lipinski definition) is 3. The van der Waals surface area contributed by atoms with Gasteiger partial charge in [0.1, 0.15) is 0 Å². The largest absolute Gasteiger partial charge is 0.350 e. The van der Waals surface area contributed by atoms with Gasteiger partial charge in [0.25, 0.3) is 0 Å². The third-order valence-electron chi connectivity index (χ3n) is 5.13. The minimum absolute atomic E-state index is 0.184. The van der Waals surface area contributed by atoms with E-state index in [1.165, 1.54) is 4.31 Å². The lowest BCUT2D eigenvalue weighted by Gasteiger charge is -2.20. The zero-order chi connectivity index (χ0) is 21.2. The second kappa shape index (κ2) is 8.39. The first-order valence-corrected chi connectivity index (χ1v) is 11.2. The number of anilines is 1. The highest BCUT2D eigenvalue weighted by molar-refractivity contribution is 7.89. The van der Waals surface area contributed by atoms with Crippen LogP contribution in [-0.2, 0) is 28.3 Å². The van der Waals surface area contributed by atoms with Crippen LogP contribution in [0.3, 0.4) is 0 Å². The summed E-state index contributed by atoms with van der Waals surface area (Å²) in [6.45, 7) is 6.18. The summed E-state index contributed by atoms with van der Waals surface area (Å²) in [6.07, 6.45) is 2.17. The molecule has 3 rings (SSSR count). The SMILES string of the molecule is CCN(CC)S(=O)(=O)c1cc(NC(=O)Cc2cn(C)c3ccccc23)ccc1C. The summed E-state index contributed by atoms with van der Waals surface area (Å²) in [5.41, 5.74) is 3.14. The van der Waals surface area contributed by atoms with Gasteiger partial charge in [0.05, 0.1) is 11.3 Å². The zero-order valence-electron chi connectivity index (χ0n) is 17.3. The summed E-state index contributed by atoms with van der Waals surface area (Å²) >= 11 is 0. The van der Waals surface area contributed by atoms with Crippen LogP contribution in [0.4, 0.5) is 5.69 Å². The fourth-order valence-corrected chi connectivity index (χ4v) is 5.31. The smallest absolute Gasteiger partial charge is 0.243 e. The van der Waals surface area contributed by atoms with Crippen molar-refractivity contribution in [3.05, 3.63) is 59.8 Å². The molecule has 0 saturated heterocycles. The molecule has 0 saturated carbocycles. The fourth-order valence-electron chi connectivity index (χ4n) is 3.60. The van der Waals surface area contributed by atoms with Gasteiger partial charge in [0, 0.05) is 42.9 Å². The van der Waals surface area contributed by atoms with Gasteiger partial charge in [-0.25, -0.2) is 8.42 Å². The molecule has 0 radical (unpaired) electrons. The van der Waals surface area contributed by atoms with Gasteiger partial charge in [-0.2, -0.15) is 4.31 Å². The van der Waals surface area contributed by atoms with Crippen molar-refractivity contribution < 1.29 is 13.2 Å². The average Bonchev–Trinajstić information content (AvgIpc) is 2.99. The normalized spacial score (nSPS) is 11.9. The van der Waals surface area contributed by atoms with Gasteiger partial charge in [0.2, 0.25) is 15.9 Å². The van der Waals surface area contributed by atoms with Crippen LogP contribution in [0, 0.1) is 6.92 Å². The van der Waals surface area contributed by atoms with E-state index in [1.54, 1.807) is 25.1 Å². The number of aromatic nitrogens is 1. The Balaban J connectivity index is 1.84. The summed E-state index contributed by atoms with van der Waals surface area (Å²) in [7, 11) is -1.64. The molecule has 0 unspecified atom stereocenters.